The zero-order valence-corrected chi connectivity index (χ0v) is 11.5. The fourth-order valence-electron chi connectivity index (χ4n) is 2.24. The van der Waals surface area contributed by atoms with Crippen LogP contribution in [0, 0.1) is 5.82 Å². The molecule has 0 aliphatic rings. The van der Waals surface area contributed by atoms with Crippen molar-refractivity contribution in [1.29, 1.82) is 0 Å². The highest BCUT2D eigenvalue weighted by Gasteiger charge is 2.24. The zero-order chi connectivity index (χ0) is 12.6. The minimum absolute atomic E-state index is 0.0399. The lowest BCUT2D eigenvalue weighted by Crippen LogP contribution is -2.15. The van der Waals surface area contributed by atoms with Crippen molar-refractivity contribution in [1.82, 2.24) is 5.32 Å². The summed E-state index contributed by atoms with van der Waals surface area (Å²) in [5.41, 5.74) is 1.31. The van der Waals surface area contributed by atoms with Crippen molar-refractivity contribution < 1.29 is 4.39 Å². The van der Waals surface area contributed by atoms with E-state index in [4.69, 9.17) is 0 Å². The molecule has 0 radical (unpaired) electrons. The average Bonchev–Trinajstić information content (AvgIpc) is 2.57. The van der Waals surface area contributed by atoms with Crippen LogP contribution >= 0.6 is 11.3 Å². The van der Waals surface area contributed by atoms with Crippen molar-refractivity contribution in [3.63, 3.8) is 0 Å². The van der Waals surface area contributed by atoms with E-state index in [1.165, 1.54) is 16.5 Å². The number of rotatable bonds is 2. The predicted octanol–water partition coefficient (Wildman–Crippen LogP) is 4.06. The summed E-state index contributed by atoms with van der Waals surface area (Å²) in [5, 5.41) is 4.23. The SMILES string of the molecule is CNCc1sc2c(F)cccc2c1C(C)(C)C. The molecule has 1 nitrogen and oxygen atoms in total. The first kappa shape index (κ1) is 12.5. The summed E-state index contributed by atoms with van der Waals surface area (Å²) >= 11 is 1.56. The van der Waals surface area contributed by atoms with Gasteiger partial charge in [0.2, 0.25) is 0 Å². The normalized spacial score (nSPS) is 12.3. The van der Waals surface area contributed by atoms with Crippen LogP contribution in [0.5, 0.6) is 0 Å². The molecule has 1 heterocycles. The van der Waals surface area contributed by atoms with E-state index in [-0.39, 0.29) is 11.2 Å². The molecule has 0 bridgehead atoms. The van der Waals surface area contributed by atoms with Gasteiger partial charge in [-0.3, -0.25) is 0 Å². The van der Waals surface area contributed by atoms with Gasteiger partial charge in [-0.05, 0) is 29.5 Å². The van der Waals surface area contributed by atoms with Gasteiger partial charge in [0.25, 0.3) is 0 Å². The second kappa shape index (κ2) is 4.39. The van der Waals surface area contributed by atoms with Gasteiger partial charge in [-0.1, -0.05) is 32.9 Å². The van der Waals surface area contributed by atoms with Crippen molar-refractivity contribution in [3.05, 3.63) is 34.5 Å². The van der Waals surface area contributed by atoms with E-state index in [0.29, 0.717) is 0 Å². The van der Waals surface area contributed by atoms with E-state index >= 15 is 0 Å². The number of benzene rings is 1. The Hall–Kier alpha value is -0.930. The van der Waals surface area contributed by atoms with Crippen LogP contribution < -0.4 is 5.32 Å². The monoisotopic (exact) mass is 251 g/mol. The summed E-state index contributed by atoms with van der Waals surface area (Å²) < 4.78 is 14.6. The molecule has 0 aliphatic carbocycles. The van der Waals surface area contributed by atoms with E-state index < -0.39 is 0 Å². The lowest BCUT2D eigenvalue weighted by atomic mass is 9.85. The molecule has 0 atom stereocenters. The maximum Gasteiger partial charge on any atom is 0.141 e. The molecule has 0 spiro atoms. The fourth-order valence-corrected chi connectivity index (χ4v) is 3.67. The average molecular weight is 251 g/mol. The van der Waals surface area contributed by atoms with E-state index in [0.717, 1.165) is 16.6 Å². The molecule has 2 aromatic rings. The lowest BCUT2D eigenvalue weighted by Gasteiger charge is -2.20. The topological polar surface area (TPSA) is 12.0 Å². The van der Waals surface area contributed by atoms with Crippen LogP contribution in [0.4, 0.5) is 4.39 Å². The van der Waals surface area contributed by atoms with E-state index in [1.54, 1.807) is 17.4 Å². The van der Waals surface area contributed by atoms with Crippen LogP contribution in [-0.2, 0) is 12.0 Å². The van der Waals surface area contributed by atoms with Crippen LogP contribution in [-0.4, -0.2) is 7.05 Å². The molecular formula is C14H18FNS. The van der Waals surface area contributed by atoms with Crippen molar-refractivity contribution >= 4 is 21.4 Å². The van der Waals surface area contributed by atoms with Crippen molar-refractivity contribution in [2.75, 3.05) is 7.05 Å². The molecule has 17 heavy (non-hydrogen) atoms. The van der Waals surface area contributed by atoms with Gasteiger partial charge >= 0.3 is 0 Å². The molecule has 0 aliphatic heterocycles. The standard InChI is InChI=1S/C14H18FNS/c1-14(2,3)12-9-6-5-7-10(15)13(9)17-11(12)8-16-4/h5-7,16H,8H2,1-4H3. The number of hydrogen-bond acceptors (Lipinski definition) is 2. The summed E-state index contributed by atoms with van der Waals surface area (Å²) in [7, 11) is 1.92. The number of thiophene rings is 1. The first-order chi connectivity index (χ1) is 7.95. The highest BCUT2D eigenvalue weighted by atomic mass is 32.1. The highest BCUT2D eigenvalue weighted by Crippen LogP contribution is 2.39. The van der Waals surface area contributed by atoms with Gasteiger partial charge in [-0.15, -0.1) is 11.3 Å². The molecule has 3 heteroatoms. The first-order valence-corrected chi connectivity index (χ1v) is 6.61. The lowest BCUT2D eigenvalue weighted by molar-refractivity contribution is 0.588. The summed E-state index contributed by atoms with van der Waals surface area (Å²) in [5.74, 6) is -0.111. The van der Waals surface area contributed by atoms with Crippen LogP contribution in [0.15, 0.2) is 18.2 Å². The minimum atomic E-state index is -0.111. The van der Waals surface area contributed by atoms with Crippen LogP contribution in [0.1, 0.15) is 31.2 Å². The maximum absolute atomic E-state index is 13.8. The van der Waals surface area contributed by atoms with E-state index in [1.807, 2.05) is 13.1 Å². The van der Waals surface area contributed by atoms with Gasteiger partial charge in [0.05, 0.1) is 4.70 Å². The highest BCUT2D eigenvalue weighted by molar-refractivity contribution is 7.19. The van der Waals surface area contributed by atoms with Gasteiger partial charge in [-0.25, -0.2) is 4.39 Å². The van der Waals surface area contributed by atoms with Gasteiger partial charge < -0.3 is 5.32 Å². The largest absolute Gasteiger partial charge is 0.315 e. The molecule has 0 fully saturated rings. The number of fused-ring (bicyclic) bond motifs is 1. The Balaban J connectivity index is 2.76. The maximum atomic E-state index is 13.8. The quantitative estimate of drug-likeness (QED) is 0.848. The van der Waals surface area contributed by atoms with Crippen LogP contribution in [0.3, 0.4) is 0 Å². The Labute approximate surface area is 106 Å². The molecular weight excluding hydrogens is 233 g/mol. The van der Waals surface area contributed by atoms with E-state index in [2.05, 4.69) is 26.1 Å². The van der Waals surface area contributed by atoms with Gasteiger partial charge in [0.1, 0.15) is 5.82 Å². The Morgan fingerprint density at radius 2 is 2.00 bits per heavy atom. The van der Waals surface area contributed by atoms with Gasteiger partial charge in [0.15, 0.2) is 0 Å². The Morgan fingerprint density at radius 3 is 2.59 bits per heavy atom. The third-order valence-corrected chi connectivity index (χ3v) is 4.04. The molecule has 1 aromatic carbocycles. The smallest absolute Gasteiger partial charge is 0.141 e. The third-order valence-electron chi connectivity index (χ3n) is 2.83. The van der Waals surface area contributed by atoms with Gasteiger partial charge in [0, 0.05) is 11.4 Å². The minimum Gasteiger partial charge on any atom is -0.315 e. The zero-order valence-electron chi connectivity index (χ0n) is 10.7. The second-order valence-corrected chi connectivity index (χ2v) is 6.40. The molecule has 0 saturated carbocycles. The Kier molecular flexibility index (Phi) is 3.23. The summed E-state index contributed by atoms with van der Waals surface area (Å²) in [6, 6.07) is 5.35. The molecule has 0 amide bonds. The Bertz CT molecular complexity index is 537. The number of halogens is 1. The van der Waals surface area contributed by atoms with Crippen molar-refractivity contribution in [2.45, 2.75) is 32.7 Å². The van der Waals surface area contributed by atoms with E-state index in [9.17, 15) is 4.39 Å². The molecule has 1 N–H and O–H groups in total. The van der Waals surface area contributed by atoms with Crippen LogP contribution in [0.2, 0.25) is 0 Å². The fraction of sp³-hybridized carbons (Fsp3) is 0.429. The van der Waals surface area contributed by atoms with Crippen molar-refractivity contribution in [2.24, 2.45) is 0 Å². The molecule has 0 unspecified atom stereocenters. The third kappa shape index (κ3) is 2.22. The second-order valence-electron chi connectivity index (χ2n) is 5.30. The first-order valence-electron chi connectivity index (χ1n) is 5.80. The summed E-state index contributed by atoms with van der Waals surface area (Å²) in [6.07, 6.45) is 0. The van der Waals surface area contributed by atoms with Crippen molar-refractivity contribution in [3.8, 4) is 0 Å². The molecule has 0 saturated heterocycles. The van der Waals surface area contributed by atoms with Gasteiger partial charge in [-0.2, -0.15) is 0 Å². The Morgan fingerprint density at radius 1 is 1.29 bits per heavy atom. The summed E-state index contributed by atoms with van der Waals surface area (Å²) in [4.78, 5) is 1.24. The number of hydrogen-bond donors (Lipinski definition) is 1. The number of nitrogens with one attached hydrogen (secondary N) is 1. The van der Waals surface area contributed by atoms with Crippen LogP contribution in [0.25, 0.3) is 10.1 Å². The molecule has 1 aromatic heterocycles. The molecule has 2 rings (SSSR count). The molecule has 92 valence electrons. The summed E-state index contributed by atoms with van der Waals surface area (Å²) in [6.45, 7) is 7.33. The predicted molar refractivity (Wildman–Crippen MR) is 73.2 cm³/mol.